The number of ketones is 1. The fraction of sp³-hybridized carbons (Fsp3) is 0.538. The van der Waals surface area contributed by atoms with Crippen LogP contribution < -0.4 is 10.6 Å². The van der Waals surface area contributed by atoms with Gasteiger partial charge in [-0.15, -0.1) is 10.2 Å². The van der Waals surface area contributed by atoms with Gasteiger partial charge in [-0.1, -0.05) is 58.0 Å². The maximum atomic E-state index is 13.5. The summed E-state index contributed by atoms with van der Waals surface area (Å²) in [4.78, 5) is 53.4. The van der Waals surface area contributed by atoms with E-state index in [9.17, 15) is 28.0 Å². The van der Waals surface area contributed by atoms with Crippen molar-refractivity contribution in [3.63, 3.8) is 0 Å². The van der Waals surface area contributed by atoms with Gasteiger partial charge in [0.25, 0.3) is 11.8 Å². The number of alkyl carbamates (subject to hydrolysis) is 1. The second-order valence-electron chi connectivity index (χ2n) is 9.96. The zero-order chi connectivity index (χ0) is 28.7. The van der Waals surface area contributed by atoms with Gasteiger partial charge in [0.2, 0.25) is 17.6 Å². The van der Waals surface area contributed by atoms with Crippen molar-refractivity contribution in [1.82, 2.24) is 25.7 Å². The average Bonchev–Trinajstić information content (AvgIpc) is 3.59. The zero-order valence-electron chi connectivity index (χ0n) is 22.2. The molecule has 1 fully saturated rings. The van der Waals surface area contributed by atoms with E-state index in [1.807, 2.05) is 18.2 Å². The summed E-state index contributed by atoms with van der Waals surface area (Å²) in [6.45, 7) is 7.15. The Bertz CT molecular complexity index is 1160. The summed E-state index contributed by atoms with van der Waals surface area (Å²) in [7, 11) is 0. The molecule has 3 rings (SSSR count). The third-order valence-electron chi connectivity index (χ3n) is 6.34. The molecule has 11 nitrogen and oxygen atoms in total. The van der Waals surface area contributed by atoms with Crippen molar-refractivity contribution in [2.45, 2.75) is 71.7 Å². The van der Waals surface area contributed by atoms with E-state index >= 15 is 0 Å². The number of carbonyl (C=O) groups is 4. The van der Waals surface area contributed by atoms with Crippen LogP contribution in [0, 0.1) is 11.8 Å². The molecule has 39 heavy (non-hydrogen) atoms. The Kier molecular flexibility index (Phi) is 10.1. The standard InChI is InChI=1S/C26H33F2N5O6/c1-14(2)18(20(34)23-31-32-24(39-23)21(27)28)29-22(35)17-11-8-12-33(17)25(36)19(15(3)4)30-26(37)38-13-16-9-6-5-7-10-16/h5-7,9-10,14-15,17-19,21H,8,11-13H2,1-4H3,(H,29,35)(H,30,37)/t17-,18+,19-/m0/s1. The minimum absolute atomic E-state index is 0.0316. The molecule has 0 unspecified atom stereocenters. The summed E-state index contributed by atoms with van der Waals surface area (Å²) in [5, 5.41) is 11.8. The first-order valence-corrected chi connectivity index (χ1v) is 12.7. The lowest BCUT2D eigenvalue weighted by molar-refractivity contribution is -0.141. The monoisotopic (exact) mass is 549 g/mol. The van der Waals surface area contributed by atoms with Crippen LogP contribution in [0.1, 0.15) is 69.1 Å². The Labute approximate surface area is 224 Å². The lowest BCUT2D eigenvalue weighted by atomic mass is 9.98. The SMILES string of the molecule is CC(C)[C@H](NC(=O)OCc1ccccc1)C(=O)N1CCC[C@H]1C(=O)N[C@@H](C(=O)c1nnc(C(F)F)o1)C(C)C. The number of Topliss-reactive ketones (excluding diaryl/α,β-unsaturated/α-hetero) is 1. The van der Waals surface area contributed by atoms with Crippen molar-refractivity contribution in [2.75, 3.05) is 6.54 Å². The number of amides is 3. The molecule has 2 N–H and O–H groups in total. The zero-order valence-corrected chi connectivity index (χ0v) is 22.2. The number of benzene rings is 1. The van der Waals surface area contributed by atoms with Gasteiger partial charge < -0.3 is 24.7 Å². The van der Waals surface area contributed by atoms with E-state index in [0.29, 0.717) is 12.8 Å². The molecule has 212 valence electrons. The third kappa shape index (κ3) is 7.58. The predicted octanol–water partition coefficient (Wildman–Crippen LogP) is 3.27. The lowest BCUT2D eigenvalue weighted by Crippen LogP contribution is -2.57. The summed E-state index contributed by atoms with van der Waals surface area (Å²) < 4.78 is 35.6. The Morgan fingerprint density at radius 3 is 2.28 bits per heavy atom. The maximum Gasteiger partial charge on any atom is 0.408 e. The van der Waals surface area contributed by atoms with Crippen LogP contribution in [-0.2, 0) is 20.9 Å². The van der Waals surface area contributed by atoms with Crippen molar-refractivity contribution in [3.8, 4) is 0 Å². The Morgan fingerprint density at radius 2 is 1.69 bits per heavy atom. The molecule has 13 heteroatoms. The number of rotatable bonds is 11. The number of likely N-dealkylation sites (tertiary alicyclic amines) is 1. The molecule has 2 heterocycles. The fourth-order valence-electron chi connectivity index (χ4n) is 4.23. The van der Waals surface area contributed by atoms with Crippen LogP contribution in [0.4, 0.5) is 13.6 Å². The number of halogens is 2. The number of nitrogens with zero attached hydrogens (tertiary/aromatic N) is 3. The van der Waals surface area contributed by atoms with E-state index in [4.69, 9.17) is 9.15 Å². The molecule has 3 atom stereocenters. The number of alkyl halides is 2. The van der Waals surface area contributed by atoms with Crippen LogP contribution in [0.25, 0.3) is 0 Å². The van der Waals surface area contributed by atoms with E-state index in [2.05, 4.69) is 20.8 Å². The van der Waals surface area contributed by atoms with Crippen molar-refractivity contribution in [2.24, 2.45) is 11.8 Å². The quantitative estimate of drug-likeness (QED) is 0.407. The van der Waals surface area contributed by atoms with Gasteiger partial charge in [0.05, 0.1) is 6.04 Å². The maximum absolute atomic E-state index is 13.5. The van der Waals surface area contributed by atoms with Crippen LogP contribution in [0.5, 0.6) is 0 Å². The highest BCUT2D eigenvalue weighted by Gasteiger charge is 2.40. The van der Waals surface area contributed by atoms with E-state index in [1.165, 1.54) is 4.90 Å². The average molecular weight is 550 g/mol. The molecule has 1 aliphatic heterocycles. The van der Waals surface area contributed by atoms with E-state index in [-0.39, 0.29) is 19.1 Å². The predicted molar refractivity (Wildman–Crippen MR) is 133 cm³/mol. The van der Waals surface area contributed by atoms with Gasteiger partial charge in [0, 0.05) is 6.54 Å². The molecule has 0 spiro atoms. The van der Waals surface area contributed by atoms with Gasteiger partial charge in [-0.2, -0.15) is 8.78 Å². The Morgan fingerprint density at radius 1 is 1.03 bits per heavy atom. The fourth-order valence-corrected chi connectivity index (χ4v) is 4.23. The summed E-state index contributed by atoms with van der Waals surface area (Å²) in [6.07, 6.45) is -2.92. The topological polar surface area (TPSA) is 144 Å². The molecule has 0 aliphatic carbocycles. The van der Waals surface area contributed by atoms with Crippen molar-refractivity contribution < 1.29 is 37.1 Å². The highest BCUT2D eigenvalue weighted by Crippen LogP contribution is 2.22. The summed E-state index contributed by atoms with van der Waals surface area (Å²) in [5.74, 6) is -4.23. The second-order valence-corrected chi connectivity index (χ2v) is 9.96. The number of aromatic nitrogens is 2. The molecule has 2 aromatic rings. The van der Waals surface area contributed by atoms with Crippen LogP contribution in [-0.4, -0.2) is 63.5 Å². The second kappa shape index (κ2) is 13.3. The molecular formula is C26H33F2N5O6. The van der Waals surface area contributed by atoms with E-state index < -0.39 is 65.9 Å². The highest BCUT2D eigenvalue weighted by atomic mass is 19.3. The van der Waals surface area contributed by atoms with Crippen LogP contribution in [0.2, 0.25) is 0 Å². The van der Waals surface area contributed by atoms with Gasteiger partial charge >= 0.3 is 12.5 Å². The van der Waals surface area contributed by atoms with Crippen LogP contribution >= 0.6 is 0 Å². The molecule has 0 saturated carbocycles. The minimum Gasteiger partial charge on any atom is -0.445 e. The highest BCUT2D eigenvalue weighted by molar-refractivity contribution is 6.00. The van der Waals surface area contributed by atoms with Crippen LogP contribution in [0.3, 0.4) is 0 Å². The molecule has 1 aromatic carbocycles. The Hall–Kier alpha value is -3.90. The van der Waals surface area contributed by atoms with Gasteiger partial charge in [0.15, 0.2) is 0 Å². The van der Waals surface area contributed by atoms with Crippen molar-refractivity contribution in [3.05, 3.63) is 47.7 Å². The molecule has 0 bridgehead atoms. The van der Waals surface area contributed by atoms with Gasteiger partial charge in [-0.25, -0.2) is 4.79 Å². The smallest absolute Gasteiger partial charge is 0.408 e. The van der Waals surface area contributed by atoms with E-state index in [1.54, 1.807) is 39.8 Å². The van der Waals surface area contributed by atoms with Crippen molar-refractivity contribution >= 4 is 23.7 Å². The Balaban J connectivity index is 1.66. The number of hydrogen-bond acceptors (Lipinski definition) is 8. The third-order valence-corrected chi connectivity index (χ3v) is 6.34. The van der Waals surface area contributed by atoms with E-state index in [0.717, 1.165) is 5.56 Å². The van der Waals surface area contributed by atoms with Crippen LogP contribution in [0.15, 0.2) is 34.7 Å². The normalized spacial score (nSPS) is 16.8. The van der Waals surface area contributed by atoms with Gasteiger partial charge in [0.1, 0.15) is 18.7 Å². The van der Waals surface area contributed by atoms with Crippen molar-refractivity contribution in [1.29, 1.82) is 0 Å². The molecular weight excluding hydrogens is 516 g/mol. The summed E-state index contributed by atoms with van der Waals surface area (Å²) in [6, 6.07) is 6.09. The first-order valence-electron chi connectivity index (χ1n) is 12.7. The molecule has 1 aromatic heterocycles. The molecule has 1 saturated heterocycles. The molecule has 0 radical (unpaired) electrons. The minimum atomic E-state index is -3.04. The summed E-state index contributed by atoms with van der Waals surface area (Å²) in [5.41, 5.74) is 0.788. The number of nitrogens with one attached hydrogen (secondary N) is 2. The lowest BCUT2D eigenvalue weighted by Gasteiger charge is -2.31. The number of ether oxygens (including phenoxy) is 1. The first-order chi connectivity index (χ1) is 18.5. The molecule has 1 aliphatic rings. The molecule has 3 amide bonds. The number of hydrogen-bond donors (Lipinski definition) is 2. The summed E-state index contributed by atoms with van der Waals surface area (Å²) >= 11 is 0. The largest absolute Gasteiger partial charge is 0.445 e. The number of carbonyl (C=O) groups excluding carboxylic acids is 4. The van der Waals surface area contributed by atoms with Gasteiger partial charge in [-0.3, -0.25) is 14.4 Å². The first kappa shape index (κ1) is 29.7. The van der Waals surface area contributed by atoms with Gasteiger partial charge in [-0.05, 0) is 30.2 Å².